The standard InChI is InChI=1S/C12H19N2S2/c1-2-6-11-10(4-1)5-3-7-14(11)12-8-15-9-16-13-12/h8,10-11H,1-7,9H2. The zero-order valence-electron chi connectivity index (χ0n) is 9.60. The molecule has 1 radical (unpaired) electrons. The Kier molecular flexibility index (Phi) is 3.57. The van der Waals surface area contributed by atoms with E-state index in [-0.39, 0.29) is 0 Å². The van der Waals surface area contributed by atoms with Crippen molar-refractivity contribution in [2.45, 2.75) is 44.6 Å². The van der Waals surface area contributed by atoms with E-state index in [2.05, 4.69) is 15.0 Å². The molecule has 3 rings (SSSR count). The Morgan fingerprint density at radius 2 is 2.06 bits per heavy atom. The lowest BCUT2D eigenvalue weighted by Gasteiger charge is -2.46. The highest BCUT2D eigenvalue weighted by Crippen LogP contribution is 2.38. The monoisotopic (exact) mass is 255 g/mol. The number of rotatable bonds is 1. The lowest BCUT2D eigenvalue weighted by atomic mass is 9.78. The van der Waals surface area contributed by atoms with Gasteiger partial charge in [0, 0.05) is 18.0 Å². The third-order valence-electron chi connectivity index (χ3n) is 4.01. The van der Waals surface area contributed by atoms with Gasteiger partial charge >= 0.3 is 0 Å². The predicted molar refractivity (Wildman–Crippen MR) is 72.0 cm³/mol. The first-order valence-corrected chi connectivity index (χ1v) is 8.36. The van der Waals surface area contributed by atoms with Crippen molar-refractivity contribution in [3.8, 4) is 0 Å². The third-order valence-corrected chi connectivity index (χ3v) is 5.66. The van der Waals surface area contributed by atoms with Crippen LogP contribution in [0, 0.1) is 5.92 Å². The van der Waals surface area contributed by atoms with Crippen molar-refractivity contribution >= 4 is 23.7 Å². The summed E-state index contributed by atoms with van der Waals surface area (Å²) < 4.78 is 4.63. The summed E-state index contributed by atoms with van der Waals surface area (Å²) in [5.74, 6) is 2.22. The Hall–Kier alpha value is 0.0400. The normalized spacial score (nSPS) is 35.0. The molecule has 2 heterocycles. The van der Waals surface area contributed by atoms with Crippen LogP contribution in [0.25, 0.3) is 0 Å². The van der Waals surface area contributed by atoms with Gasteiger partial charge in [0.1, 0.15) is 5.82 Å². The molecule has 4 heteroatoms. The molecule has 0 amide bonds. The first-order valence-electron chi connectivity index (χ1n) is 6.36. The molecule has 1 saturated carbocycles. The van der Waals surface area contributed by atoms with Crippen molar-refractivity contribution in [2.75, 3.05) is 11.6 Å². The Balaban J connectivity index is 1.74. The van der Waals surface area contributed by atoms with Crippen molar-refractivity contribution in [3.63, 3.8) is 0 Å². The predicted octanol–water partition coefficient (Wildman–Crippen LogP) is 3.40. The topological polar surface area (TPSA) is 17.3 Å². The maximum absolute atomic E-state index is 4.63. The van der Waals surface area contributed by atoms with Gasteiger partial charge in [-0.25, -0.2) is 0 Å². The fraction of sp³-hybridized carbons (Fsp3) is 0.833. The van der Waals surface area contributed by atoms with Gasteiger partial charge in [0.05, 0.1) is 5.08 Å². The summed E-state index contributed by atoms with van der Waals surface area (Å²) in [4.78, 5) is 2.60. The summed E-state index contributed by atoms with van der Waals surface area (Å²) in [6.45, 7) is 1.23. The van der Waals surface area contributed by atoms with Gasteiger partial charge in [-0.2, -0.15) is 4.72 Å². The fourth-order valence-corrected chi connectivity index (χ4v) is 4.70. The highest BCUT2D eigenvalue weighted by atomic mass is 32.2. The molecular formula is C12H19N2S2. The van der Waals surface area contributed by atoms with E-state index in [9.17, 15) is 0 Å². The van der Waals surface area contributed by atoms with E-state index in [4.69, 9.17) is 0 Å². The van der Waals surface area contributed by atoms with Crippen LogP contribution in [0.1, 0.15) is 38.5 Å². The number of hydrogen-bond donors (Lipinski definition) is 0. The first-order chi connectivity index (χ1) is 7.95. The van der Waals surface area contributed by atoms with Crippen LogP contribution in [-0.4, -0.2) is 22.6 Å². The van der Waals surface area contributed by atoms with Gasteiger partial charge in [-0.15, -0.1) is 11.8 Å². The summed E-state index contributed by atoms with van der Waals surface area (Å²) in [5.41, 5.74) is 0. The van der Waals surface area contributed by atoms with E-state index in [0.717, 1.165) is 17.0 Å². The molecule has 0 N–H and O–H groups in total. The van der Waals surface area contributed by atoms with Gasteiger partial charge in [0.15, 0.2) is 0 Å². The second kappa shape index (κ2) is 5.13. The van der Waals surface area contributed by atoms with Crippen LogP contribution in [0.2, 0.25) is 0 Å². The minimum Gasteiger partial charge on any atom is -0.352 e. The van der Waals surface area contributed by atoms with Crippen LogP contribution in [-0.2, 0) is 0 Å². The number of fused-ring (bicyclic) bond motifs is 1. The van der Waals surface area contributed by atoms with Gasteiger partial charge in [0.2, 0.25) is 0 Å². The number of thioether (sulfide) groups is 1. The quantitative estimate of drug-likeness (QED) is 0.669. The van der Waals surface area contributed by atoms with Crippen LogP contribution in [0.15, 0.2) is 11.2 Å². The molecule has 0 aromatic rings. The fourth-order valence-electron chi connectivity index (χ4n) is 3.28. The minimum atomic E-state index is 0.803. The molecule has 2 atom stereocenters. The maximum Gasteiger partial charge on any atom is 0.143 e. The number of hydrogen-bond acceptors (Lipinski definition) is 3. The molecule has 0 aromatic carbocycles. The van der Waals surface area contributed by atoms with Crippen LogP contribution >= 0.6 is 23.7 Å². The Morgan fingerprint density at radius 1 is 1.19 bits per heavy atom. The number of piperidine rings is 1. The van der Waals surface area contributed by atoms with Crippen LogP contribution < -0.4 is 4.72 Å². The van der Waals surface area contributed by atoms with Crippen LogP contribution in [0.5, 0.6) is 0 Å². The largest absolute Gasteiger partial charge is 0.352 e. The average molecular weight is 255 g/mol. The summed E-state index contributed by atoms with van der Waals surface area (Å²) in [7, 11) is 0. The molecule has 0 aromatic heterocycles. The van der Waals surface area contributed by atoms with Crippen LogP contribution in [0.3, 0.4) is 0 Å². The van der Waals surface area contributed by atoms with E-state index in [1.165, 1.54) is 50.9 Å². The SMILES string of the molecule is C1=C(N2CCCC3CCCCC32)[N]SCS1. The Morgan fingerprint density at radius 3 is 2.94 bits per heavy atom. The van der Waals surface area contributed by atoms with Crippen LogP contribution in [0.4, 0.5) is 0 Å². The molecule has 16 heavy (non-hydrogen) atoms. The maximum atomic E-state index is 4.63. The van der Waals surface area contributed by atoms with Crippen molar-refractivity contribution in [1.82, 2.24) is 9.62 Å². The van der Waals surface area contributed by atoms with E-state index in [1.807, 2.05) is 11.8 Å². The summed E-state index contributed by atoms with van der Waals surface area (Å²) in [6, 6.07) is 0.803. The van der Waals surface area contributed by atoms with Gasteiger partial charge in [-0.05, 0) is 43.5 Å². The van der Waals surface area contributed by atoms with Crippen molar-refractivity contribution < 1.29 is 0 Å². The average Bonchev–Trinajstić information content (AvgIpc) is 2.39. The second-order valence-corrected chi connectivity index (χ2v) is 6.88. The van der Waals surface area contributed by atoms with E-state index < -0.39 is 0 Å². The van der Waals surface area contributed by atoms with Gasteiger partial charge in [0.25, 0.3) is 0 Å². The lowest BCUT2D eigenvalue weighted by Crippen LogP contribution is -2.47. The molecule has 3 aliphatic rings. The van der Waals surface area contributed by atoms with Gasteiger partial charge in [-0.1, -0.05) is 12.8 Å². The Bertz CT molecular complexity index is 278. The molecule has 0 spiro atoms. The summed E-state index contributed by atoms with van der Waals surface area (Å²) >= 11 is 3.62. The van der Waals surface area contributed by atoms with Gasteiger partial charge in [-0.3, -0.25) is 0 Å². The molecular weight excluding hydrogens is 236 g/mol. The van der Waals surface area contributed by atoms with Crippen molar-refractivity contribution in [1.29, 1.82) is 0 Å². The van der Waals surface area contributed by atoms with Crippen molar-refractivity contribution in [2.24, 2.45) is 5.92 Å². The van der Waals surface area contributed by atoms with E-state index in [1.54, 1.807) is 11.9 Å². The highest BCUT2D eigenvalue weighted by Gasteiger charge is 2.34. The molecule has 2 unspecified atom stereocenters. The molecule has 2 nitrogen and oxygen atoms in total. The zero-order valence-corrected chi connectivity index (χ0v) is 11.2. The lowest BCUT2D eigenvalue weighted by molar-refractivity contribution is 0.0870. The third kappa shape index (κ3) is 2.19. The van der Waals surface area contributed by atoms with E-state index >= 15 is 0 Å². The molecule has 1 aliphatic carbocycles. The van der Waals surface area contributed by atoms with Crippen molar-refractivity contribution in [3.05, 3.63) is 11.2 Å². The summed E-state index contributed by atoms with van der Waals surface area (Å²) in [6.07, 6.45) is 8.54. The number of likely N-dealkylation sites (tertiary alicyclic amines) is 1. The minimum absolute atomic E-state index is 0.803. The van der Waals surface area contributed by atoms with Gasteiger partial charge < -0.3 is 4.90 Å². The molecule has 89 valence electrons. The highest BCUT2D eigenvalue weighted by molar-refractivity contribution is 8.17. The smallest absolute Gasteiger partial charge is 0.143 e. The summed E-state index contributed by atoms with van der Waals surface area (Å²) in [5, 5.41) is 3.36. The molecule has 0 bridgehead atoms. The van der Waals surface area contributed by atoms with E-state index in [0.29, 0.717) is 0 Å². The molecule has 2 fully saturated rings. The molecule has 2 aliphatic heterocycles. The zero-order chi connectivity index (χ0) is 10.8. The second-order valence-electron chi connectivity index (χ2n) is 4.93. The number of nitrogens with zero attached hydrogens (tertiary/aromatic N) is 2. The first kappa shape index (κ1) is 11.1. The molecule has 1 saturated heterocycles. The Labute approximate surface area is 107 Å².